The van der Waals surface area contributed by atoms with Crippen LogP contribution < -0.4 is 5.73 Å². The molecule has 0 aromatic carbocycles. The third-order valence-corrected chi connectivity index (χ3v) is 3.34. The second-order valence-electron chi connectivity index (χ2n) is 5.90. The Hall–Kier alpha value is -0.0400. The summed E-state index contributed by atoms with van der Waals surface area (Å²) < 4.78 is 0. The van der Waals surface area contributed by atoms with Gasteiger partial charge in [-0.3, -0.25) is 0 Å². The first-order valence-corrected chi connectivity index (χ1v) is 5.66. The molecule has 0 spiro atoms. The molecule has 1 rings (SSSR count). The van der Waals surface area contributed by atoms with Crippen LogP contribution in [-0.4, -0.2) is 5.54 Å². The summed E-state index contributed by atoms with van der Waals surface area (Å²) in [6.45, 7) is 9.25. The molecule has 0 aliphatic heterocycles. The fourth-order valence-corrected chi connectivity index (χ4v) is 3.62. The molecule has 0 bridgehead atoms. The Kier molecular flexibility index (Phi) is 3.06. The number of hydrogen-bond donors (Lipinski definition) is 1. The zero-order valence-electron chi connectivity index (χ0n) is 9.69. The van der Waals surface area contributed by atoms with Crippen molar-refractivity contribution < 1.29 is 0 Å². The lowest BCUT2D eigenvalue weighted by Crippen LogP contribution is -2.47. The van der Waals surface area contributed by atoms with Gasteiger partial charge in [-0.25, -0.2) is 0 Å². The Morgan fingerprint density at radius 2 is 1.92 bits per heavy atom. The summed E-state index contributed by atoms with van der Waals surface area (Å²) in [4.78, 5) is 0. The molecule has 13 heavy (non-hydrogen) atoms. The molecule has 0 aromatic rings. The molecule has 1 heteroatoms. The van der Waals surface area contributed by atoms with Gasteiger partial charge < -0.3 is 5.73 Å². The quantitative estimate of drug-likeness (QED) is 0.698. The normalized spacial score (nSPS) is 46.4. The van der Waals surface area contributed by atoms with E-state index in [9.17, 15) is 0 Å². The fraction of sp³-hybridized carbons (Fsp3) is 1.00. The number of nitrogens with two attached hydrogens (primary N) is 1. The maximum Gasteiger partial charge on any atom is 0.0133 e. The van der Waals surface area contributed by atoms with Crippen LogP contribution in [0.25, 0.3) is 0 Å². The van der Waals surface area contributed by atoms with Crippen LogP contribution >= 0.6 is 0 Å². The summed E-state index contributed by atoms with van der Waals surface area (Å²) in [7, 11) is 0. The molecule has 3 atom stereocenters. The van der Waals surface area contributed by atoms with E-state index < -0.39 is 0 Å². The van der Waals surface area contributed by atoms with Gasteiger partial charge >= 0.3 is 0 Å². The maximum atomic E-state index is 6.27. The molecule has 1 fully saturated rings. The summed E-state index contributed by atoms with van der Waals surface area (Å²) >= 11 is 0. The standard InChI is InChI=1S/C12H25N/c1-5-6-11(3)7-10(2)8-12(4,13)9-11/h10H,5-9,13H2,1-4H3/t10-,11-,12+/m1/s1. The Labute approximate surface area is 83.1 Å². The van der Waals surface area contributed by atoms with Crippen molar-refractivity contribution >= 4 is 0 Å². The van der Waals surface area contributed by atoms with Gasteiger partial charge in [0, 0.05) is 5.54 Å². The molecule has 0 saturated heterocycles. The lowest BCUT2D eigenvalue weighted by molar-refractivity contribution is 0.0928. The number of rotatable bonds is 2. The lowest BCUT2D eigenvalue weighted by atomic mass is 9.63. The van der Waals surface area contributed by atoms with Crippen molar-refractivity contribution in [3.63, 3.8) is 0 Å². The highest BCUT2D eigenvalue weighted by atomic mass is 14.7. The van der Waals surface area contributed by atoms with Gasteiger partial charge in [0.15, 0.2) is 0 Å². The first-order valence-electron chi connectivity index (χ1n) is 5.66. The van der Waals surface area contributed by atoms with E-state index in [1.165, 1.54) is 32.1 Å². The van der Waals surface area contributed by atoms with Gasteiger partial charge in [-0.1, -0.05) is 27.2 Å². The second kappa shape index (κ2) is 3.61. The Balaban J connectivity index is 2.66. The molecule has 1 nitrogen and oxygen atoms in total. The molecule has 1 aliphatic carbocycles. The van der Waals surface area contributed by atoms with Crippen LogP contribution in [0.15, 0.2) is 0 Å². The highest BCUT2D eigenvalue weighted by Gasteiger charge is 2.39. The van der Waals surface area contributed by atoms with Crippen LogP contribution in [0.3, 0.4) is 0 Å². The van der Waals surface area contributed by atoms with Crippen LogP contribution in [-0.2, 0) is 0 Å². The first-order chi connectivity index (χ1) is 5.87. The zero-order valence-corrected chi connectivity index (χ0v) is 9.69. The predicted octanol–water partition coefficient (Wildman–Crippen LogP) is 3.33. The Morgan fingerprint density at radius 1 is 1.31 bits per heavy atom. The molecule has 78 valence electrons. The molecule has 0 aromatic heterocycles. The van der Waals surface area contributed by atoms with E-state index in [4.69, 9.17) is 5.73 Å². The average molecular weight is 183 g/mol. The van der Waals surface area contributed by atoms with E-state index in [2.05, 4.69) is 27.7 Å². The fourth-order valence-electron chi connectivity index (χ4n) is 3.62. The molecular weight excluding hydrogens is 158 g/mol. The summed E-state index contributed by atoms with van der Waals surface area (Å²) in [6, 6.07) is 0. The van der Waals surface area contributed by atoms with Crippen molar-refractivity contribution in [2.24, 2.45) is 17.1 Å². The predicted molar refractivity (Wildman–Crippen MR) is 58.6 cm³/mol. The molecule has 0 radical (unpaired) electrons. The van der Waals surface area contributed by atoms with Crippen molar-refractivity contribution in [2.45, 2.75) is 65.3 Å². The highest BCUT2D eigenvalue weighted by molar-refractivity contribution is 4.95. The van der Waals surface area contributed by atoms with E-state index >= 15 is 0 Å². The van der Waals surface area contributed by atoms with E-state index in [1.54, 1.807) is 0 Å². The van der Waals surface area contributed by atoms with Crippen LogP contribution in [0.2, 0.25) is 0 Å². The van der Waals surface area contributed by atoms with Crippen molar-refractivity contribution in [3.05, 3.63) is 0 Å². The smallest absolute Gasteiger partial charge is 0.0133 e. The summed E-state index contributed by atoms with van der Waals surface area (Å²) in [5, 5.41) is 0. The van der Waals surface area contributed by atoms with Gasteiger partial charge in [0.05, 0.1) is 0 Å². The molecule has 0 amide bonds. The average Bonchev–Trinajstić information content (AvgIpc) is 1.78. The summed E-state index contributed by atoms with van der Waals surface area (Å²) in [5.74, 6) is 0.806. The van der Waals surface area contributed by atoms with Crippen LogP contribution in [0.1, 0.15) is 59.8 Å². The SMILES string of the molecule is CCC[C@]1(C)C[C@@H](C)C[C@](C)(N)C1. The Morgan fingerprint density at radius 3 is 2.38 bits per heavy atom. The van der Waals surface area contributed by atoms with E-state index in [-0.39, 0.29) is 5.54 Å². The zero-order chi connectivity index (χ0) is 10.1. The topological polar surface area (TPSA) is 26.0 Å². The molecule has 2 N–H and O–H groups in total. The minimum Gasteiger partial charge on any atom is -0.325 e. The van der Waals surface area contributed by atoms with E-state index in [0.29, 0.717) is 5.41 Å². The Bertz CT molecular complexity index is 174. The molecule has 1 saturated carbocycles. The second-order valence-corrected chi connectivity index (χ2v) is 5.90. The van der Waals surface area contributed by atoms with Gasteiger partial charge in [0.25, 0.3) is 0 Å². The van der Waals surface area contributed by atoms with Crippen molar-refractivity contribution in [2.75, 3.05) is 0 Å². The van der Waals surface area contributed by atoms with E-state index in [0.717, 1.165) is 5.92 Å². The molecule has 0 heterocycles. The van der Waals surface area contributed by atoms with E-state index in [1.807, 2.05) is 0 Å². The monoisotopic (exact) mass is 183 g/mol. The minimum atomic E-state index is 0.0849. The largest absolute Gasteiger partial charge is 0.325 e. The first kappa shape index (κ1) is 11.0. The van der Waals surface area contributed by atoms with Gasteiger partial charge in [-0.15, -0.1) is 0 Å². The van der Waals surface area contributed by atoms with Crippen molar-refractivity contribution in [1.82, 2.24) is 0 Å². The molecule has 1 aliphatic rings. The van der Waals surface area contributed by atoms with Gasteiger partial charge in [0.2, 0.25) is 0 Å². The molecule has 0 unspecified atom stereocenters. The van der Waals surface area contributed by atoms with Crippen LogP contribution in [0.4, 0.5) is 0 Å². The van der Waals surface area contributed by atoms with Crippen LogP contribution in [0, 0.1) is 11.3 Å². The minimum absolute atomic E-state index is 0.0849. The number of hydrogen-bond acceptors (Lipinski definition) is 1. The molecular formula is C12H25N. The van der Waals surface area contributed by atoms with Crippen molar-refractivity contribution in [3.8, 4) is 0 Å². The van der Waals surface area contributed by atoms with Gasteiger partial charge in [0.1, 0.15) is 0 Å². The van der Waals surface area contributed by atoms with Gasteiger partial charge in [-0.05, 0) is 43.9 Å². The van der Waals surface area contributed by atoms with Crippen molar-refractivity contribution in [1.29, 1.82) is 0 Å². The highest BCUT2D eigenvalue weighted by Crippen LogP contribution is 2.45. The summed E-state index contributed by atoms with van der Waals surface area (Å²) in [5.41, 5.74) is 6.87. The summed E-state index contributed by atoms with van der Waals surface area (Å²) in [6.07, 6.45) is 6.40. The third-order valence-electron chi connectivity index (χ3n) is 3.34. The lowest BCUT2D eigenvalue weighted by Gasteiger charge is -2.45. The maximum absolute atomic E-state index is 6.27. The third kappa shape index (κ3) is 2.98. The van der Waals surface area contributed by atoms with Crippen LogP contribution in [0.5, 0.6) is 0 Å². The van der Waals surface area contributed by atoms with Gasteiger partial charge in [-0.2, -0.15) is 0 Å².